The maximum atomic E-state index is 12.2. The molecular weight excluding hydrogens is 340 g/mol. The fraction of sp³-hybridized carbons (Fsp3) is 0.412. The molecule has 0 unspecified atom stereocenters. The highest BCUT2D eigenvalue weighted by Gasteiger charge is 2.28. The third-order valence-electron chi connectivity index (χ3n) is 3.97. The number of para-hydroxylation sites is 1. The third-order valence-corrected chi connectivity index (χ3v) is 3.97. The number of urea groups is 2. The minimum atomic E-state index is -0.697. The molecule has 1 aromatic carbocycles. The van der Waals surface area contributed by atoms with E-state index in [1.165, 1.54) is 7.05 Å². The van der Waals surface area contributed by atoms with E-state index in [2.05, 4.69) is 10.6 Å². The molecule has 0 spiro atoms. The Hall–Kier alpha value is -3.10. The average Bonchev–Trinajstić information content (AvgIpc) is 2.66. The zero-order valence-corrected chi connectivity index (χ0v) is 14.5. The first-order chi connectivity index (χ1) is 12.5. The fourth-order valence-corrected chi connectivity index (χ4v) is 2.52. The molecule has 0 radical (unpaired) electrons. The number of nitrogens with one attached hydrogen (secondary N) is 3. The molecule has 0 aromatic heterocycles. The Labute approximate surface area is 151 Å². The summed E-state index contributed by atoms with van der Waals surface area (Å²) in [6, 6.07) is 8.24. The van der Waals surface area contributed by atoms with Crippen LogP contribution in [0.3, 0.4) is 0 Å². The number of ether oxygens (including phenoxy) is 1. The number of esters is 1. The van der Waals surface area contributed by atoms with Gasteiger partial charge in [0.1, 0.15) is 0 Å². The van der Waals surface area contributed by atoms with Crippen LogP contribution in [0, 0.1) is 5.92 Å². The number of benzene rings is 1. The van der Waals surface area contributed by atoms with E-state index in [1.807, 2.05) is 23.5 Å². The van der Waals surface area contributed by atoms with E-state index in [0.717, 1.165) is 0 Å². The van der Waals surface area contributed by atoms with E-state index in [1.54, 1.807) is 17.0 Å². The van der Waals surface area contributed by atoms with Gasteiger partial charge in [0.2, 0.25) is 0 Å². The largest absolute Gasteiger partial charge is 0.455 e. The second kappa shape index (κ2) is 9.40. The van der Waals surface area contributed by atoms with Crippen LogP contribution in [0.5, 0.6) is 0 Å². The van der Waals surface area contributed by atoms with Crippen molar-refractivity contribution in [1.82, 2.24) is 15.5 Å². The Morgan fingerprint density at radius 1 is 1.12 bits per heavy atom. The molecular formula is C17H22N4O5. The number of hydrogen-bond acceptors (Lipinski definition) is 5. The van der Waals surface area contributed by atoms with Gasteiger partial charge >= 0.3 is 18.0 Å². The standard InChI is InChI=1S/C17H22N4O5/c1-18-16(24)20-14(22)11-26-15(23)12-7-9-21(10-8-12)17(25)19-13-5-3-2-4-6-13/h2-6,12H,7-11H2,1H3,(H,19,25)(H2,18,20,22,24). The van der Waals surface area contributed by atoms with Crippen molar-refractivity contribution >= 4 is 29.6 Å². The van der Waals surface area contributed by atoms with E-state index in [0.29, 0.717) is 31.6 Å². The van der Waals surface area contributed by atoms with Crippen LogP contribution in [0.15, 0.2) is 30.3 Å². The van der Waals surface area contributed by atoms with Gasteiger partial charge in [0.25, 0.3) is 5.91 Å². The van der Waals surface area contributed by atoms with Crippen molar-refractivity contribution in [2.75, 3.05) is 32.1 Å². The molecule has 5 amide bonds. The molecule has 0 bridgehead atoms. The molecule has 0 saturated carbocycles. The zero-order valence-electron chi connectivity index (χ0n) is 14.5. The summed E-state index contributed by atoms with van der Waals surface area (Å²) in [4.78, 5) is 48.2. The van der Waals surface area contributed by atoms with Crippen LogP contribution in [0.4, 0.5) is 15.3 Å². The zero-order chi connectivity index (χ0) is 18.9. The molecule has 1 aliphatic heterocycles. The molecule has 9 heteroatoms. The van der Waals surface area contributed by atoms with Crippen molar-refractivity contribution in [3.05, 3.63) is 30.3 Å². The van der Waals surface area contributed by atoms with Crippen LogP contribution >= 0.6 is 0 Å². The summed E-state index contributed by atoms with van der Waals surface area (Å²) in [5.74, 6) is -1.57. The van der Waals surface area contributed by atoms with Crippen molar-refractivity contribution in [2.24, 2.45) is 5.92 Å². The Morgan fingerprint density at radius 3 is 2.38 bits per heavy atom. The van der Waals surface area contributed by atoms with E-state index < -0.39 is 24.5 Å². The summed E-state index contributed by atoms with van der Waals surface area (Å²) in [7, 11) is 1.37. The molecule has 0 aliphatic carbocycles. The number of anilines is 1. The van der Waals surface area contributed by atoms with Crippen molar-refractivity contribution in [2.45, 2.75) is 12.8 Å². The van der Waals surface area contributed by atoms with Crippen molar-refractivity contribution in [1.29, 1.82) is 0 Å². The number of rotatable bonds is 4. The Bertz CT molecular complexity index is 656. The normalized spacial score (nSPS) is 14.3. The van der Waals surface area contributed by atoms with Gasteiger partial charge in [-0.1, -0.05) is 18.2 Å². The van der Waals surface area contributed by atoms with Gasteiger partial charge in [-0.2, -0.15) is 0 Å². The van der Waals surface area contributed by atoms with Crippen LogP contribution in [-0.2, 0) is 14.3 Å². The molecule has 3 N–H and O–H groups in total. The van der Waals surface area contributed by atoms with Crippen LogP contribution in [0.2, 0.25) is 0 Å². The van der Waals surface area contributed by atoms with E-state index in [-0.39, 0.29) is 11.9 Å². The number of imide groups is 1. The smallest absolute Gasteiger partial charge is 0.321 e. The monoisotopic (exact) mass is 362 g/mol. The SMILES string of the molecule is CNC(=O)NC(=O)COC(=O)C1CCN(C(=O)Nc2ccccc2)CC1. The van der Waals surface area contributed by atoms with Gasteiger partial charge in [-0.15, -0.1) is 0 Å². The lowest BCUT2D eigenvalue weighted by Gasteiger charge is -2.30. The first-order valence-corrected chi connectivity index (χ1v) is 8.28. The van der Waals surface area contributed by atoms with Gasteiger partial charge in [-0.25, -0.2) is 9.59 Å². The van der Waals surface area contributed by atoms with E-state index in [4.69, 9.17) is 4.74 Å². The molecule has 1 aromatic rings. The van der Waals surface area contributed by atoms with Crippen molar-refractivity contribution in [3.63, 3.8) is 0 Å². The van der Waals surface area contributed by atoms with Gasteiger partial charge in [-0.3, -0.25) is 14.9 Å². The number of amides is 5. The summed E-state index contributed by atoms with van der Waals surface area (Å²) in [6.07, 6.45) is 0.913. The summed E-state index contributed by atoms with van der Waals surface area (Å²) in [5, 5.41) is 7.03. The summed E-state index contributed by atoms with van der Waals surface area (Å²) < 4.78 is 4.93. The van der Waals surface area contributed by atoms with Crippen LogP contribution in [0.1, 0.15) is 12.8 Å². The predicted molar refractivity (Wildman–Crippen MR) is 93.3 cm³/mol. The highest BCUT2D eigenvalue weighted by molar-refractivity contribution is 5.95. The van der Waals surface area contributed by atoms with Gasteiger partial charge < -0.3 is 20.3 Å². The molecule has 9 nitrogen and oxygen atoms in total. The Kier molecular flexibility index (Phi) is 6.95. The molecule has 0 atom stereocenters. The highest BCUT2D eigenvalue weighted by atomic mass is 16.5. The van der Waals surface area contributed by atoms with E-state index in [9.17, 15) is 19.2 Å². The van der Waals surface area contributed by atoms with Crippen LogP contribution < -0.4 is 16.0 Å². The maximum Gasteiger partial charge on any atom is 0.321 e. The van der Waals surface area contributed by atoms with Gasteiger partial charge in [-0.05, 0) is 25.0 Å². The number of hydrogen-bond donors (Lipinski definition) is 3. The number of nitrogens with zero attached hydrogens (tertiary/aromatic N) is 1. The number of carbonyl (C=O) groups is 4. The maximum absolute atomic E-state index is 12.2. The minimum Gasteiger partial charge on any atom is -0.455 e. The molecule has 1 aliphatic rings. The molecule has 1 fully saturated rings. The van der Waals surface area contributed by atoms with Crippen LogP contribution in [-0.4, -0.2) is 55.6 Å². The quantitative estimate of drug-likeness (QED) is 0.689. The first-order valence-electron chi connectivity index (χ1n) is 8.28. The number of carbonyl (C=O) groups excluding carboxylic acids is 4. The molecule has 1 saturated heterocycles. The minimum absolute atomic E-state index is 0.215. The second-order valence-corrected chi connectivity index (χ2v) is 5.79. The lowest BCUT2D eigenvalue weighted by Crippen LogP contribution is -2.43. The molecule has 1 heterocycles. The van der Waals surface area contributed by atoms with Crippen molar-refractivity contribution < 1.29 is 23.9 Å². The molecule has 140 valence electrons. The van der Waals surface area contributed by atoms with Gasteiger partial charge in [0, 0.05) is 25.8 Å². The number of likely N-dealkylation sites (tertiary alicyclic amines) is 1. The lowest BCUT2D eigenvalue weighted by molar-refractivity contribution is -0.153. The Balaban J connectivity index is 1.72. The predicted octanol–water partition coefficient (Wildman–Crippen LogP) is 0.929. The summed E-state index contributed by atoms with van der Waals surface area (Å²) in [6.45, 7) is 0.326. The molecule has 2 rings (SSSR count). The highest BCUT2D eigenvalue weighted by Crippen LogP contribution is 2.19. The lowest BCUT2D eigenvalue weighted by atomic mass is 9.97. The van der Waals surface area contributed by atoms with E-state index >= 15 is 0 Å². The first kappa shape index (κ1) is 19.2. The summed E-state index contributed by atoms with van der Waals surface area (Å²) >= 11 is 0. The Morgan fingerprint density at radius 2 is 1.77 bits per heavy atom. The number of piperidine rings is 1. The van der Waals surface area contributed by atoms with Gasteiger partial charge in [0.05, 0.1) is 5.92 Å². The van der Waals surface area contributed by atoms with Crippen LogP contribution in [0.25, 0.3) is 0 Å². The second-order valence-electron chi connectivity index (χ2n) is 5.79. The topological polar surface area (TPSA) is 117 Å². The van der Waals surface area contributed by atoms with Crippen molar-refractivity contribution in [3.8, 4) is 0 Å². The third kappa shape index (κ3) is 5.76. The average molecular weight is 362 g/mol. The molecule has 26 heavy (non-hydrogen) atoms. The summed E-state index contributed by atoms with van der Waals surface area (Å²) in [5.41, 5.74) is 0.709. The fourth-order valence-electron chi connectivity index (χ4n) is 2.52. The van der Waals surface area contributed by atoms with Gasteiger partial charge in [0.15, 0.2) is 6.61 Å².